The van der Waals surface area contributed by atoms with Crippen LogP contribution in [0.1, 0.15) is 28.6 Å². The van der Waals surface area contributed by atoms with Gasteiger partial charge in [-0.15, -0.1) is 11.8 Å². The summed E-state index contributed by atoms with van der Waals surface area (Å²) in [5.41, 5.74) is 3.64. The summed E-state index contributed by atoms with van der Waals surface area (Å²) in [4.78, 5) is 17.2. The first kappa shape index (κ1) is 19.0. The lowest BCUT2D eigenvalue weighted by Crippen LogP contribution is -2.05. The van der Waals surface area contributed by atoms with Crippen LogP contribution in [0.2, 0.25) is 0 Å². The van der Waals surface area contributed by atoms with E-state index in [9.17, 15) is 4.79 Å². The van der Waals surface area contributed by atoms with Crippen LogP contribution in [0.15, 0.2) is 62.4 Å². The smallest absolute Gasteiger partial charge is 0.374 e. The Hall–Kier alpha value is -2.31. The second kappa shape index (κ2) is 7.97. The van der Waals surface area contributed by atoms with Crippen molar-refractivity contribution in [1.29, 1.82) is 0 Å². The van der Waals surface area contributed by atoms with Gasteiger partial charge in [-0.3, -0.25) is 0 Å². The highest BCUT2D eigenvalue weighted by atomic mass is 79.9. The first-order valence-corrected chi connectivity index (χ1v) is 10.7. The van der Waals surface area contributed by atoms with E-state index in [0.717, 1.165) is 31.4 Å². The van der Waals surface area contributed by atoms with Crippen molar-refractivity contribution >= 4 is 55.5 Å². The van der Waals surface area contributed by atoms with E-state index in [1.165, 1.54) is 5.56 Å². The van der Waals surface area contributed by atoms with Gasteiger partial charge in [0.1, 0.15) is 5.58 Å². The summed E-state index contributed by atoms with van der Waals surface area (Å²) in [5, 5.41) is 2.97. The molecule has 0 aliphatic rings. The molecule has 4 rings (SSSR count). The van der Waals surface area contributed by atoms with Crippen LogP contribution < -0.4 is 0 Å². The third-order valence-electron chi connectivity index (χ3n) is 4.48. The lowest BCUT2D eigenvalue weighted by atomic mass is 10.1. The minimum absolute atomic E-state index is 0.264. The molecule has 4 aromatic rings. The van der Waals surface area contributed by atoms with Crippen LogP contribution in [0.25, 0.3) is 21.9 Å². The van der Waals surface area contributed by atoms with E-state index in [0.29, 0.717) is 17.9 Å². The lowest BCUT2D eigenvalue weighted by Gasteiger charge is -2.07. The Morgan fingerprint density at radius 1 is 1.18 bits per heavy atom. The number of carbonyl (C=O) groups is 1. The maximum Gasteiger partial charge on any atom is 0.374 e. The minimum atomic E-state index is -0.437. The summed E-state index contributed by atoms with van der Waals surface area (Å²) < 4.78 is 11.9. The van der Waals surface area contributed by atoms with Gasteiger partial charge >= 0.3 is 5.97 Å². The van der Waals surface area contributed by atoms with Gasteiger partial charge in [-0.1, -0.05) is 34.1 Å². The van der Waals surface area contributed by atoms with Gasteiger partial charge in [-0.25, -0.2) is 9.78 Å². The zero-order valence-electron chi connectivity index (χ0n) is 15.5. The predicted octanol–water partition coefficient (Wildman–Crippen LogP) is 6.52. The molecule has 142 valence electrons. The van der Waals surface area contributed by atoms with Crippen LogP contribution >= 0.6 is 27.7 Å². The number of halogens is 1. The predicted molar refractivity (Wildman–Crippen MR) is 116 cm³/mol. The van der Waals surface area contributed by atoms with Crippen molar-refractivity contribution in [2.45, 2.75) is 24.6 Å². The zero-order valence-corrected chi connectivity index (χ0v) is 17.9. The van der Waals surface area contributed by atoms with E-state index in [1.54, 1.807) is 18.7 Å². The number of furan rings is 1. The van der Waals surface area contributed by atoms with E-state index in [4.69, 9.17) is 14.1 Å². The maximum absolute atomic E-state index is 12.4. The summed E-state index contributed by atoms with van der Waals surface area (Å²) in [6, 6.07) is 15.9. The molecule has 28 heavy (non-hydrogen) atoms. The molecule has 0 radical (unpaired) electrons. The Bertz CT molecular complexity index is 1190. The number of ether oxygens (including phenoxy) is 1. The second-order valence-corrected chi connectivity index (χ2v) is 8.27. The fraction of sp³-hybridized carbons (Fsp3) is 0.182. The number of hydrogen-bond donors (Lipinski definition) is 0. The number of fused-ring (bicyclic) bond motifs is 2. The number of rotatable bonds is 5. The number of esters is 1. The number of thioether (sulfide) groups is 1. The van der Waals surface area contributed by atoms with Crippen LogP contribution in [-0.4, -0.2) is 17.6 Å². The van der Waals surface area contributed by atoms with Gasteiger partial charge in [0.2, 0.25) is 5.76 Å². The first-order valence-electron chi connectivity index (χ1n) is 8.94. The van der Waals surface area contributed by atoms with Crippen LogP contribution in [-0.2, 0) is 10.5 Å². The van der Waals surface area contributed by atoms with Gasteiger partial charge in [-0.05, 0) is 49.7 Å². The van der Waals surface area contributed by atoms with Crippen molar-refractivity contribution < 1.29 is 13.9 Å². The molecule has 2 heterocycles. The molecular formula is C22H18BrNO3S. The minimum Gasteiger partial charge on any atom is -0.460 e. The molecule has 0 aliphatic heterocycles. The second-order valence-electron chi connectivity index (χ2n) is 6.35. The van der Waals surface area contributed by atoms with E-state index < -0.39 is 5.97 Å². The largest absolute Gasteiger partial charge is 0.460 e. The Balaban J connectivity index is 1.72. The number of aromatic nitrogens is 1. The Morgan fingerprint density at radius 2 is 2.00 bits per heavy atom. The van der Waals surface area contributed by atoms with Gasteiger partial charge in [0.05, 0.1) is 17.1 Å². The van der Waals surface area contributed by atoms with E-state index >= 15 is 0 Å². The first-order chi connectivity index (χ1) is 13.6. The van der Waals surface area contributed by atoms with E-state index in [-0.39, 0.29) is 5.76 Å². The molecule has 0 bridgehead atoms. The van der Waals surface area contributed by atoms with Crippen LogP contribution in [0.4, 0.5) is 0 Å². The number of benzene rings is 2. The Morgan fingerprint density at radius 3 is 2.82 bits per heavy atom. The molecule has 0 spiro atoms. The zero-order chi connectivity index (χ0) is 19.7. The van der Waals surface area contributed by atoms with Crippen molar-refractivity contribution in [3.8, 4) is 0 Å². The molecule has 0 saturated heterocycles. The van der Waals surface area contributed by atoms with Gasteiger partial charge in [0.25, 0.3) is 0 Å². The van der Waals surface area contributed by atoms with Crippen molar-refractivity contribution in [3.63, 3.8) is 0 Å². The molecule has 4 nitrogen and oxygen atoms in total. The Kier molecular flexibility index (Phi) is 5.42. The molecule has 0 aliphatic carbocycles. The normalized spacial score (nSPS) is 11.2. The van der Waals surface area contributed by atoms with Gasteiger partial charge in [0, 0.05) is 26.6 Å². The highest BCUT2D eigenvalue weighted by molar-refractivity contribution is 9.10. The summed E-state index contributed by atoms with van der Waals surface area (Å²) in [7, 11) is 0. The van der Waals surface area contributed by atoms with Gasteiger partial charge < -0.3 is 9.15 Å². The van der Waals surface area contributed by atoms with Crippen molar-refractivity contribution in [1.82, 2.24) is 4.98 Å². The third-order valence-corrected chi connectivity index (χ3v) is 5.91. The number of pyridine rings is 1. The van der Waals surface area contributed by atoms with Crippen LogP contribution in [0, 0.1) is 6.92 Å². The SMILES string of the molecule is CCOC(=O)c1oc2ccc(Br)cc2c1CSc1cc(C)c2ccccc2n1. The number of para-hydroxylation sites is 1. The average molecular weight is 456 g/mol. The average Bonchev–Trinajstić information content (AvgIpc) is 3.04. The number of carbonyl (C=O) groups excluding carboxylic acids is 1. The molecule has 0 fully saturated rings. The van der Waals surface area contributed by atoms with Gasteiger partial charge in [-0.2, -0.15) is 0 Å². The molecule has 0 atom stereocenters. The maximum atomic E-state index is 12.4. The molecule has 2 aromatic heterocycles. The number of hydrogen-bond acceptors (Lipinski definition) is 5. The topological polar surface area (TPSA) is 52.3 Å². The van der Waals surface area contributed by atoms with Crippen LogP contribution in [0.3, 0.4) is 0 Å². The number of aryl methyl sites for hydroxylation is 1. The monoisotopic (exact) mass is 455 g/mol. The van der Waals surface area contributed by atoms with E-state index in [1.807, 2.05) is 36.4 Å². The molecule has 0 saturated carbocycles. The third kappa shape index (κ3) is 3.66. The summed E-state index contributed by atoms with van der Waals surface area (Å²) in [6.45, 7) is 4.17. The van der Waals surface area contributed by atoms with Crippen molar-refractivity contribution in [3.05, 3.63) is 69.9 Å². The highest BCUT2D eigenvalue weighted by Gasteiger charge is 2.22. The quantitative estimate of drug-likeness (QED) is 0.253. The molecule has 0 N–H and O–H groups in total. The molecule has 6 heteroatoms. The van der Waals surface area contributed by atoms with Gasteiger partial charge in [0.15, 0.2) is 0 Å². The standard InChI is InChI=1S/C22H18BrNO3S/c1-3-26-22(25)21-17(16-11-14(23)8-9-19(16)27-21)12-28-20-10-13(2)15-6-4-5-7-18(15)24-20/h4-11H,3,12H2,1-2H3. The fourth-order valence-electron chi connectivity index (χ4n) is 3.16. The molecule has 2 aromatic carbocycles. The fourth-order valence-corrected chi connectivity index (χ4v) is 4.53. The molecule has 0 unspecified atom stereocenters. The van der Waals surface area contributed by atoms with Crippen molar-refractivity contribution in [2.75, 3.05) is 6.61 Å². The molecular weight excluding hydrogens is 438 g/mol. The Labute approximate surface area is 175 Å². The van der Waals surface area contributed by atoms with Crippen LogP contribution in [0.5, 0.6) is 0 Å². The van der Waals surface area contributed by atoms with E-state index in [2.05, 4.69) is 35.0 Å². The number of nitrogens with zero attached hydrogens (tertiary/aromatic N) is 1. The summed E-state index contributed by atoms with van der Waals surface area (Å²) >= 11 is 5.08. The summed E-state index contributed by atoms with van der Waals surface area (Å²) in [5.74, 6) is 0.385. The summed E-state index contributed by atoms with van der Waals surface area (Å²) in [6.07, 6.45) is 0. The highest BCUT2D eigenvalue weighted by Crippen LogP contribution is 2.34. The molecule has 0 amide bonds. The van der Waals surface area contributed by atoms with Crippen molar-refractivity contribution in [2.24, 2.45) is 0 Å². The lowest BCUT2D eigenvalue weighted by molar-refractivity contribution is 0.0491.